The van der Waals surface area contributed by atoms with Gasteiger partial charge in [-0.05, 0) is 12.1 Å². The lowest BCUT2D eigenvalue weighted by Gasteiger charge is -2.06. The Morgan fingerprint density at radius 1 is 1.06 bits per heavy atom. The predicted octanol–water partition coefficient (Wildman–Crippen LogP) is -1.15. The van der Waals surface area contributed by atoms with Crippen molar-refractivity contribution < 1.29 is 16.8 Å². The van der Waals surface area contributed by atoms with Crippen LogP contribution in [0.3, 0.4) is 0 Å². The van der Waals surface area contributed by atoms with Crippen molar-refractivity contribution in [2.45, 2.75) is 9.79 Å². The predicted molar refractivity (Wildman–Crippen MR) is 53.9 cm³/mol. The maximum atomic E-state index is 11.2. The topological polar surface area (TPSA) is 144 Å². The molecule has 0 unspecified atom stereocenters. The van der Waals surface area contributed by atoms with Crippen LogP contribution >= 0.6 is 0 Å². The van der Waals surface area contributed by atoms with Crippen LogP contribution in [0.4, 0.5) is 0 Å². The van der Waals surface area contributed by atoms with Gasteiger partial charge in [-0.3, -0.25) is 0 Å². The highest BCUT2D eigenvalue weighted by Gasteiger charge is 2.24. The smallest absolute Gasteiger partial charge is 0.225 e. The largest absolute Gasteiger partial charge is 0.240 e. The molecule has 0 aromatic heterocycles. The number of hydrogen-bond donors (Lipinski definition) is 2. The minimum atomic E-state index is -4.34. The van der Waals surface area contributed by atoms with Crippen molar-refractivity contribution in [1.29, 1.82) is 5.26 Å². The summed E-state index contributed by atoms with van der Waals surface area (Å²) >= 11 is 0. The van der Waals surface area contributed by atoms with E-state index < -0.39 is 29.8 Å². The Labute approximate surface area is 92.4 Å². The van der Waals surface area contributed by atoms with Crippen LogP contribution in [0.1, 0.15) is 5.56 Å². The standard InChI is InChI=1S/C7H7N3O4S2/c8-4-5-2-1-3-6(15(9,11)12)7(5)16(10,13)14/h1-3H,(H2,9,11,12)(H2,10,13,14). The zero-order chi connectivity index (χ0) is 12.6. The summed E-state index contributed by atoms with van der Waals surface area (Å²) in [7, 11) is -8.60. The van der Waals surface area contributed by atoms with Crippen molar-refractivity contribution >= 4 is 20.0 Å². The molecule has 16 heavy (non-hydrogen) atoms. The van der Waals surface area contributed by atoms with Crippen molar-refractivity contribution in [3.8, 4) is 6.07 Å². The minimum absolute atomic E-state index is 0.367. The second-order valence-electron chi connectivity index (χ2n) is 2.83. The van der Waals surface area contributed by atoms with Gasteiger partial charge < -0.3 is 0 Å². The Bertz CT molecular complexity index is 670. The molecular formula is C7H7N3O4S2. The van der Waals surface area contributed by atoms with Crippen LogP contribution in [-0.4, -0.2) is 16.8 Å². The summed E-state index contributed by atoms with van der Waals surface area (Å²) in [6, 6.07) is 4.84. The van der Waals surface area contributed by atoms with Gasteiger partial charge in [0.05, 0.1) is 5.56 Å². The Kier molecular flexibility index (Phi) is 3.02. The van der Waals surface area contributed by atoms with Crippen LogP contribution in [0.25, 0.3) is 0 Å². The normalized spacial score (nSPS) is 12.1. The maximum absolute atomic E-state index is 11.2. The van der Waals surface area contributed by atoms with Gasteiger partial charge in [-0.25, -0.2) is 27.1 Å². The highest BCUT2D eigenvalue weighted by molar-refractivity contribution is 7.92. The van der Waals surface area contributed by atoms with Gasteiger partial charge >= 0.3 is 0 Å². The highest BCUT2D eigenvalue weighted by atomic mass is 32.2. The van der Waals surface area contributed by atoms with E-state index in [0.717, 1.165) is 12.1 Å². The molecule has 9 heteroatoms. The van der Waals surface area contributed by atoms with Crippen LogP contribution in [0, 0.1) is 11.3 Å². The monoisotopic (exact) mass is 261 g/mol. The van der Waals surface area contributed by atoms with Crippen molar-refractivity contribution in [3.63, 3.8) is 0 Å². The van der Waals surface area contributed by atoms with Gasteiger partial charge in [-0.15, -0.1) is 0 Å². The molecule has 0 aliphatic rings. The van der Waals surface area contributed by atoms with E-state index >= 15 is 0 Å². The molecule has 1 rings (SSSR count). The third-order valence-corrected chi connectivity index (χ3v) is 3.78. The number of rotatable bonds is 2. The molecule has 0 spiro atoms. The van der Waals surface area contributed by atoms with E-state index in [2.05, 4.69) is 0 Å². The molecule has 0 radical (unpaired) electrons. The zero-order valence-corrected chi connectivity index (χ0v) is 9.42. The van der Waals surface area contributed by atoms with Crippen molar-refractivity contribution in [2.24, 2.45) is 10.3 Å². The summed E-state index contributed by atoms with van der Waals surface area (Å²) in [6.45, 7) is 0. The molecule has 0 bridgehead atoms. The lowest BCUT2D eigenvalue weighted by molar-refractivity contribution is 0.584. The highest BCUT2D eigenvalue weighted by Crippen LogP contribution is 2.22. The first-order chi connectivity index (χ1) is 7.18. The van der Waals surface area contributed by atoms with Crippen LogP contribution < -0.4 is 10.3 Å². The molecule has 7 nitrogen and oxygen atoms in total. The van der Waals surface area contributed by atoms with Crippen molar-refractivity contribution in [2.75, 3.05) is 0 Å². The first-order valence-electron chi connectivity index (χ1n) is 3.76. The summed E-state index contributed by atoms with van der Waals surface area (Å²) in [5.74, 6) is 0. The average molecular weight is 261 g/mol. The number of nitrogens with two attached hydrogens (primary N) is 2. The molecule has 0 fully saturated rings. The minimum Gasteiger partial charge on any atom is -0.225 e. The second-order valence-corrected chi connectivity index (χ2v) is 5.86. The maximum Gasteiger partial charge on any atom is 0.240 e. The summed E-state index contributed by atoms with van der Waals surface area (Å²) in [6.07, 6.45) is 0. The van der Waals surface area contributed by atoms with E-state index in [1.807, 2.05) is 0 Å². The van der Waals surface area contributed by atoms with Crippen LogP contribution in [0.2, 0.25) is 0 Å². The Morgan fingerprint density at radius 3 is 2.00 bits per heavy atom. The Balaban J connectivity index is 3.88. The fraction of sp³-hybridized carbons (Fsp3) is 0. The van der Waals surface area contributed by atoms with E-state index in [-0.39, 0.29) is 5.56 Å². The molecular weight excluding hydrogens is 254 g/mol. The van der Waals surface area contributed by atoms with Crippen LogP contribution in [0.5, 0.6) is 0 Å². The summed E-state index contributed by atoms with van der Waals surface area (Å²) < 4.78 is 44.6. The summed E-state index contributed by atoms with van der Waals surface area (Å²) in [4.78, 5) is -1.46. The Morgan fingerprint density at radius 2 is 1.62 bits per heavy atom. The van der Waals surface area contributed by atoms with E-state index in [9.17, 15) is 16.8 Å². The molecule has 0 aliphatic carbocycles. The average Bonchev–Trinajstić information content (AvgIpc) is 2.13. The molecule has 86 valence electrons. The first-order valence-corrected chi connectivity index (χ1v) is 6.86. The fourth-order valence-electron chi connectivity index (χ4n) is 1.12. The lowest BCUT2D eigenvalue weighted by Crippen LogP contribution is -2.21. The molecule has 4 N–H and O–H groups in total. The first kappa shape index (κ1) is 12.6. The van der Waals surface area contributed by atoms with Gasteiger partial charge in [-0.1, -0.05) is 6.07 Å². The Hall–Kier alpha value is -1.47. The number of nitrogens with zero attached hydrogens (tertiary/aromatic N) is 1. The number of primary sulfonamides is 2. The molecule has 0 saturated heterocycles. The number of sulfonamides is 2. The molecule has 1 aromatic carbocycles. The number of nitriles is 1. The van der Waals surface area contributed by atoms with Crippen LogP contribution in [0.15, 0.2) is 28.0 Å². The molecule has 1 aromatic rings. The van der Waals surface area contributed by atoms with Gasteiger partial charge in [0.2, 0.25) is 20.0 Å². The second kappa shape index (κ2) is 3.84. The summed E-state index contributed by atoms with van der Waals surface area (Å²) in [5.41, 5.74) is -0.367. The van der Waals surface area contributed by atoms with Gasteiger partial charge in [0.15, 0.2) is 0 Å². The molecule has 0 amide bonds. The van der Waals surface area contributed by atoms with Crippen LogP contribution in [-0.2, 0) is 20.0 Å². The van der Waals surface area contributed by atoms with Crippen molar-refractivity contribution in [1.82, 2.24) is 0 Å². The van der Waals surface area contributed by atoms with Gasteiger partial charge in [0.25, 0.3) is 0 Å². The van der Waals surface area contributed by atoms with Gasteiger partial charge in [0, 0.05) is 0 Å². The number of hydrogen-bond acceptors (Lipinski definition) is 5. The molecule has 0 atom stereocenters. The van der Waals surface area contributed by atoms with E-state index in [1.54, 1.807) is 0 Å². The van der Waals surface area contributed by atoms with Gasteiger partial charge in [0.1, 0.15) is 15.9 Å². The fourth-order valence-corrected chi connectivity index (χ4v) is 3.22. The molecule has 0 heterocycles. The van der Waals surface area contributed by atoms with E-state index in [1.165, 1.54) is 12.1 Å². The SMILES string of the molecule is N#Cc1cccc(S(N)(=O)=O)c1S(N)(=O)=O. The quantitative estimate of drug-likeness (QED) is 0.690. The number of benzene rings is 1. The van der Waals surface area contributed by atoms with E-state index in [4.69, 9.17) is 15.5 Å². The van der Waals surface area contributed by atoms with Crippen molar-refractivity contribution in [3.05, 3.63) is 23.8 Å². The zero-order valence-electron chi connectivity index (χ0n) is 7.78. The molecule has 0 aliphatic heterocycles. The third-order valence-electron chi connectivity index (χ3n) is 1.69. The van der Waals surface area contributed by atoms with Gasteiger partial charge in [-0.2, -0.15) is 5.26 Å². The third kappa shape index (κ3) is 2.37. The molecule has 0 saturated carbocycles. The van der Waals surface area contributed by atoms with E-state index in [0.29, 0.717) is 0 Å². The summed E-state index contributed by atoms with van der Waals surface area (Å²) in [5, 5.41) is 18.3. The lowest BCUT2D eigenvalue weighted by atomic mass is 10.2.